The Kier molecular flexibility index (Phi) is 2.67. The number of hydrogen-bond acceptors (Lipinski definition) is 3. The maximum atomic E-state index is 13.0. The van der Waals surface area contributed by atoms with Crippen molar-refractivity contribution in [2.75, 3.05) is 0 Å². The van der Waals surface area contributed by atoms with Gasteiger partial charge in [0.1, 0.15) is 15.7 Å². The lowest BCUT2D eigenvalue weighted by Crippen LogP contribution is -2.08. The van der Waals surface area contributed by atoms with E-state index in [1.165, 1.54) is 23.5 Å². The van der Waals surface area contributed by atoms with Crippen LogP contribution in [0.3, 0.4) is 0 Å². The second-order valence-corrected chi connectivity index (χ2v) is 5.83. The van der Waals surface area contributed by atoms with Crippen LogP contribution >= 0.6 is 11.3 Å². The molecular weight excluding hydrogens is 265 g/mol. The molecule has 3 nitrogen and oxygen atoms in total. The molecule has 1 aliphatic rings. The summed E-state index contributed by atoms with van der Waals surface area (Å²) in [7, 11) is 0. The van der Waals surface area contributed by atoms with E-state index < -0.39 is 5.97 Å². The average Bonchev–Trinajstić information content (AvgIpc) is 3.08. The van der Waals surface area contributed by atoms with Crippen molar-refractivity contribution in [2.45, 2.75) is 25.2 Å². The van der Waals surface area contributed by atoms with E-state index in [0.717, 1.165) is 23.4 Å². The molecule has 1 aromatic carbocycles. The molecule has 2 aromatic rings. The predicted molar refractivity (Wildman–Crippen MR) is 70.2 cm³/mol. The van der Waals surface area contributed by atoms with Gasteiger partial charge in [-0.1, -0.05) is 12.1 Å². The summed E-state index contributed by atoms with van der Waals surface area (Å²) in [5.74, 6) is -1.20. The molecule has 1 aromatic heterocycles. The first-order chi connectivity index (χ1) is 9.03. The zero-order valence-electron chi connectivity index (χ0n) is 10.3. The van der Waals surface area contributed by atoms with Crippen LogP contribution in [0.5, 0.6) is 0 Å². The van der Waals surface area contributed by atoms with Crippen molar-refractivity contribution in [3.05, 3.63) is 51.2 Å². The van der Waals surface area contributed by atoms with Gasteiger partial charge in [-0.25, -0.2) is 14.2 Å². The maximum Gasteiger partial charge on any atom is 0.347 e. The Labute approximate surface area is 113 Å². The Morgan fingerprint density at radius 3 is 2.47 bits per heavy atom. The summed E-state index contributed by atoms with van der Waals surface area (Å²) < 4.78 is 13.0. The molecule has 5 heteroatoms. The SMILES string of the molecule is Cc1nc(C2(c3ccc(F)cc3)CC2)sc1C(=O)O. The van der Waals surface area contributed by atoms with Crippen molar-refractivity contribution >= 4 is 17.3 Å². The number of carboxylic acids is 1. The van der Waals surface area contributed by atoms with Gasteiger partial charge in [-0.3, -0.25) is 0 Å². The van der Waals surface area contributed by atoms with Gasteiger partial charge in [0.05, 0.1) is 5.69 Å². The number of aromatic nitrogens is 1. The van der Waals surface area contributed by atoms with Crippen molar-refractivity contribution < 1.29 is 14.3 Å². The largest absolute Gasteiger partial charge is 0.477 e. The minimum Gasteiger partial charge on any atom is -0.477 e. The smallest absolute Gasteiger partial charge is 0.347 e. The molecule has 0 radical (unpaired) electrons. The van der Waals surface area contributed by atoms with Gasteiger partial charge >= 0.3 is 5.97 Å². The third-order valence-corrected chi connectivity index (χ3v) is 4.90. The third kappa shape index (κ3) is 1.94. The zero-order valence-corrected chi connectivity index (χ0v) is 11.1. The Balaban J connectivity index is 2.03. The fraction of sp³-hybridized carbons (Fsp3) is 0.286. The van der Waals surface area contributed by atoms with Crippen LogP contribution in [0.2, 0.25) is 0 Å². The Morgan fingerprint density at radius 1 is 1.37 bits per heavy atom. The molecule has 0 amide bonds. The van der Waals surface area contributed by atoms with Gasteiger partial charge in [-0.15, -0.1) is 11.3 Å². The minimum atomic E-state index is -0.934. The lowest BCUT2D eigenvalue weighted by atomic mass is 9.97. The lowest BCUT2D eigenvalue weighted by molar-refractivity contribution is 0.0701. The number of aromatic carboxylic acids is 1. The summed E-state index contributed by atoms with van der Waals surface area (Å²) in [6.07, 6.45) is 1.87. The molecule has 19 heavy (non-hydrogen) atoms. The van der Waals surface area contributed by atoms with Gasteiger partial charge in [0.2, 0.25) is 0 Å². The number of thiazole rings is 1. The van der Waals surface area contributed by atoms with E-state index >= 15 is 0 Å². The number of nitrogens with zero attached hydrogens (tertiary/aromatic N) is 1. The molecule has 1 heterocycles. The van der Waals surface area contributed by atoms with Crippen molar-refractivity contribution in [3.63, 3.8) is 0 Å². The van der Waals surface area contributed by atoms with Crippen molar-refractivity contribution in [3.8, 4) is 0 Å². The molecule has 0 saturated heterocycles. The summed E-state index contributed by atoms with van der Waals surface area (Å²) in [4.78, 5) is 15.8. The predicted octanol–water partition coefficient (Wildman–Crippen LogP) is 3.37. The first-order valence-electron chi connectivity index (χ1n) is 6.00. The van der Waals surface area contributed by atoms with Crippen molar-refractivity contribution in [1.82, 2.24) is 4.98 Å². The van der Waals surface area contributed by atoms with E-state index in [9.17, 15) is 9.18 Å². The third-order valence-electron chi connectivity index (χ3n) is 3.55. The molecule has 0 atom stereocenters. The van der Waals surface area contributed by atoms with Gasteiger partial charge in [0, 0.05) is 5.41 Å². The van der Waals surface area contributed by atoms with Crippen molar-refractivity contribution in [2.24, 2.45) is 0 Å². The molecular formula is C14H12FNO2S. The number of hydrogen-bond donors (Lipinski definition) is 1. The highest BCUT2D eigenvalue weighted by molar-refractivity contribution is 7.14. The standard InChI is InChI=1S/C14H12FNO2S/c1-8-11(12(17)18)19-13(16-8)14(6-7-14)9-2-4-10(15)5-3-9/h2-5H,6-7H2,1H3,(H,17,18). The van der Waals surface area contributed by atoms with Crippen LogP contribution in [-0.4, -0.2) is 16.1 Å². The van der Waals surface area contributed by atoms with Gasteiger partial charge in [0.15, 0.2) is 0 Å². The van der Waals surface area contributed by atoms with E-state index in [1.54, 1.807) is 19.1 Å². The monoisotopic (exact) mass is 277 g/mol. The minimum absolute atomic E-state index is 0.198. The Bertz CT molecular complexity index is 644. The maximum absolute atomic E-state index is 13.0. The lowest BCUT2D eigenvalue weighted by Gasteiger charge is -2.12. The highest BCUT2D eigenvalue weighted by atomic mass is 32.1. The molecule has 1 N–H and O–H groups in total. The van der Waals surface area contributed by atoms with E-state index in [0.29, 0.717) is 10.6 Å². The highest BCUT2D eigenvalue weighted by Crippen LogP contribution is 2.54. The molecule has 98 valence electrons. The molecule has 1 saturated carbocycles. The topological polar surface area (TPSA) is 50.2 Å². The second-order valence-electron chi connectivity index (χ2n) is 4.83. The molecule has 3 rings (SSSR count). The van der Waals surface area contributed by atoms with E-state index in [2.05, 4.69) is 4.98 Å². The second kappa shape index (κ2) is 4.13. The summed E-state index contributed by atoms with van der Waals surface area (Å²) in [5.41, 5.74) is 1.37. The first-order valence-corrected chi connectivity index (χ1v) is 6.82. The molecule has 0 spiro atoms. The molecule has 1 fully saturated rings. The number of benzene rings is 1. The number of aryl methyl sites for hydroxylation is 1. The molecule has 0 aliphatic heterocycles. The van der Waals surface area contributed by atoms with Gasteiger partial charge in [-0.05, 0) is 37.5 Å². The summed E-state index contributed by atoms with van der Waals surface area (Å²) in [6, 6.07) is 6.40. The fourth-order valence-corrected chi connectivity index (χ4v) is 3.49. The molecule has 0 bridgehead atoms. The number of halogens is 1. The van der Waals surface area contributed by atoms with E-state index in [4.69, 9.17) is 5.11 Å². The van der Waals surface area contributed by atoms with Crippen LogP contribution in [0.15, 0.2) is 24.3 Å². The molecule has 0 unspecified atom stereocenters. The number of carbonyl (C=O) groups is 1. The van der Waals surface area contributed by atoms with Crippen molar-refractivity contribution in [1.29, 1.82) is 0 Å². The van der Waals surface area contributed by atoms with E-state index in [-0.39, 0.29) is 11.2 Å². The summed E-state index contributed by atoms with van der Waals surface area (Å²) >= 11 is 1.23. The van der Waals surface area contributed by atoms with E-state index in [1.807, 2.05) is 0 Å². The number of rotatable bonds is 3. The van der Waals surface area contributed by atoms with Crippen LogP contribution in [0.25, 0.3) is 0 Å². The Hall–Kier alpha value is -1.75. The van der Waals surface area contributed by atoms with Crippen LogP contribution < -0.4 is 0 Å². The average molecular weight is 277 g/mol. The van der Waals surface area contributed by atoms with Crippen LogP contribution in [0.1, 0.15) is 38.8 Å². The summed E-state index contributed by atoms with van der Waals surface area (Å²) in [5, 5.41) is 9.92. The fourth-order valence-electron chi connectivity index (χ4n) is 2.32. The van der Waals surface area contributed by atoms with Gasteiger partial charge in [0.25, 0.3) is 0 Å². The quantitative estimate of drug-likeness (QED) is 0.935. The summed E-state index contributed by atoms with van der Waals surface area (Å²) in [6.45, 7) is 1.71. The van der Waals surface area contributed by atoms with Crippen LogP contribution in [0.4, 0.5) is 4.39 Å². The molecule has 1 aliphatic carbocycles. The normalized spacial score (nSPS) is 16.3. The van der Waals surface area contributed by atoms with Crippen LogP contribution in [0, 0.1) is 12.7 Å². The van der Waals surface area contributed by atoms with Gasteiger partial charge < -0.3 is 5.11 Å². The highest BCUT2D eigenvalue weighted by Gasteiger charge is 2.48. The first kappa shape index (κ1) is 12.3. The van der Waals surface area contributed by atoms with Gasteiger partial charge in [-0.2, -0.15) is 0 Å². The zero-order chi connectivity index (χ0) is 13.6. The van der Waals surface area contributed by atoms with Crippen LogP contribution in [-0.2, 0) is 5.41 Å². The number of carboxylic acid groups (broad SMARTS) is 1. The Morgan fingerprint density at radius 2 is 2.00 bits per heavy atom.